The molecular weight excluding hydrogens is 975 g/mol. The molecule has 7 heterocycles. The van der Waals surface area contributed by atoms with E-state index in [0.29, 0.717) is 130 Å². The van der Waals surface area contributed by atoms with Crippen molar-refractivity contribution in [3.63, 3.8) is 0 Å². The third-order valence-corrected chi connectivity index (χ3v) is 17.7. The topological polar surface area (TPSA) is 252 Å². The first-order valence-corrected chi connectivity index (χ1v) is 27.9. The molecule has 11 rings (SSSR count). The fraction of sp³-hybridized carbons (Fsp3) is 0.534. The van der Waals surface area contributed by atoms with E-state index in [2.05, 4.69) is 40.5 Å². The Morgan fingerprint density at radius 1 is 0.818 bits per heavy atom. The number of rotatable bonds is 15. The molecule has 2 spiro atoms. The molecule has 2 unspecified atom stereocenters. The van der Waals surface area contributed by atoms with Crippen molar-refractivity contribution in [3.8, 4) is 29.0 Å². The summed E-state index contributed by atoms with van der Waals surface area (Å²) in [5, 5.41) is 11.7. The van der Waals surface area contributed by atoms with Crippen molar-refractivity contribution in [3.05, 3.63) is 83.3 Å². The van der Waals surface area contributed by atoms with Gasteiger partial charge in [-0.1, -0.05) is 19.4 Å². The Labute approximate surface area is 449 Å². The number of ether oxygens (including phenoxy) is 2. The zero-order valence-electron chi connectivity index (χ0n) is 44.6. The van der Waals surface area contributed by atoms with Crippen LogP contribution in [0.2, 0.25) is 0 Å². The maximum absolute atomic E-state index is 15.1. The van der Waals surface area contributed by atoms with Gasteiger partial charge in [0.25, 0.3) is 0 Å². The van der Waals surface area contributed by atoms with Crippen LogP contribution in [-0.2, 0) is 19.2 Å². The predicted molar refractivity (Wildman–Crippen MR) is 289 cm³/mol. The van der Waals surface area contributed by atoms with Gasteiger partial charge in [0.2, 0.25) is 11.8 Å². The van der Waals surface area contributed by atoms with E-state index in [0.717, 1.165) is 62.7 Å². The van der Waals surface area contributed by atoms with Gasteiger partial charge in [-0.3, -0.25) is 23.7 Å². The molecule has 0 radical (unpaired) electrons. The molecule has 6 atom stereocenters. The van der Waals surface area contributed by atoms with E-state index >= 15 is 4.79 Å². The smallest absolute Gasteiger partial charge is 0.219 e. The molecular formula is C58H71N13O6. The van der Waals surface area contributed by atoms with E-state index in [1.807, 2.05) is 42.4 Å². The number of nitrogens with one attached hydrogen (secondary N) is 1. The van der Waals surface area contributed by atoms with Crippen molar-refractivity contribution in [1.82, 2.24) is 49.9 Å². The van der Waals surface area contributed by atoms with Crippen LogP contribution in [0.25, 0.3) is 28.6 Å². The van der Waals surface area contributed by atoms with E-state index in [9.17, 15) is 14.4 Å². The Balaban J connectivity index is 0.866. The lowest BCUT2D eigenvalue weighted by molar-refractivity contribution is -0.145. The molecule has 3 aromatic heterocycles. The third-order valence-electron chi connectivity index (χ3n) is 17.7. The number of allylic oxidation sites excluding steroid dienone is 2. The lowest BCUT2D eigenvalue weighted by Gasteiger charge is -2.42. The molecule has 5 fully saturated rings. The summed E-state index contributed by atoms with van der Waals surface area (Å²) < 4.78 is 14.6. The molecule has 0 amide bonds. The first kappa shape index (κ1) is 52.1. The van der Waals surface area contributed by atoms with Gasteiger partial charge in [-0.25, -0.2) is 15.0 Å². The van der Waals surface area contributed by atoms with Crippen molar-refractivity contribution in [2.45, 2.75) is 128 Å². The Morgan fingerprint density at radius 3 is 2.25 bits per heavy atom. The number of Topliss-reactive ketones (excluding diaryl/α,β-unsaturated/α-hetero) is 4. The lowest BCUT2D eigenvalue weighted by atomic mass is 9.59. The van der Waals surface area contributed by atoms with Crippen molar-refractivity contribution >= 4 is 46.2 Å². The van der Waals surface area contributed by atoms with Gasteiger partial charge in [0, 0.05) is 78.1 Å². The quantitative estimate of drug-likeness (QED) is 0.0537. The largest absolute Gasteiger partial charge is 0.477 e. The molecule has 0 bridgehead atoms. The van der Waals surface area contributed by atoms with Crippen molar-refractivity contribution in [1.29, 1.82) is 0 Å². The number of carbonyl (C=O) groups excluding carboxylic acids is 4. The normalized spacial score (nSPS) is 26.7. The average Bonchev–Trinajstić information content (AvgIpc) is 4.21. The average molecular weight is 1050 g/mol. The Kier molecular flexibility index (Phi) is 14.7. The van der Waals surface area contributed by atoms with Gasteiger partial charge in [0.05, 0.1) is 35.0 Å². The predicted octanol–water partition coefficient (Wildman–Crippen LogP) is 7.10. The highest BCUT2D eigenvalue weighted by molar-refractivity contribution is 6.18. The SMILES string of the molecule is CNCCC[C@H](C)COc1cc(-n2cccc3cnnc2-3)nc(C(N)=C2CCC[C@@]3(CCC(C4CN(c5cc(OC[C@@H]6CCCN6C)nc(/C(N)=C6\CCC[C@@]7(CCCCC7=O)C6=O)n5)c5ncccc54)CC3=O)C2=O)n1. The van der Waals surface area contributed by atoms with Crippen molar-refractivity contribution < 1.29 is 28.7 Å². The molecule has 3 aromatic rings. The number of nitrogens with zero attached hydrogens (tertiary/aromatic N) is 10. The van der Waals surface area contributed by atoms with Crippen LogP contribution in [-0.4, -0.2) is 121 Å². The summed E-state index contributed by atoms with van der Waals surface area (Å²) in [6.45, 7) is 5.32. The highest BCUT2D eigenvalue weighted by Gasteiger charge is 2.54. The molecule has 77 heavy (non-hydrogen) atoms. The van der Waals surface area contributed by atoms with E-state index in [1.54, 1.807) is 23.0 Å². The second kappa shape index (κ2) is 21.8. The summed E-state index contributed by atoms with van der Waals surface area (Å²) in [6, 6.07) is 11.5. The van der Waals surface area contributed by atoms with Gasteiger partial charge < -0.3 is 36.1 Å². The zero-order chi connectivity index (χ0) is 53.4. The van der Waals surface area contributed by atoms with E-state index in [-0.39, 0.29) is 76.4 Å². The van der Waals surface area contributed by atoms with Crippen LogP contribution in [0.4, 0.5) is 11.6 Å². The minimum Gasteiger partial charge on any atom is -0.477 e. The van der Waals surface area contributed by atoms with E-state index in [1.165, 1.54) is 0 Å². The first-order valence-electron chi connectivity index (χ1n) is 27.9. The minimum atomic E-state index is -1.22. The summed E-state index contributed by atoms with van der Waals surface area (Å²) in [6.07, 6.45) is 16.2. The van der Waals surface area contributed by atoms with Crippen molar-refractivity contribution in [2.75, 3.05) is 51.8 Å². The van der Waals surface area contributed by atoms with Crippen LogP contribution in [0.3, 0.4) is 0 Å². The van der Waals surface area contributed by atoms with E-state index < -0.39 is 10.8 Å². The number of ketones is 4. The van der Waals surface area contributed by atoms with Gasteiger partial charge >= 0.3 is 0 Å². The zero-order valence-corrected chi connectivity index (χ0v) is 44.6. The van der Waals surface area contributed by atoms with Gasteiger partial charge in [-0.05, 0) is 147 Å². The monoisotopic (exact) mass is 1050 g/mol. The van der Waals surface area contributed by atoms with Crippen LogP contribution in [0.5, 0.6) is 11.8 Å². The number of nitrogens with two attached hydrogens (primary N) is 2. The lowest BCUT2D eigenvalue weighted by Crippen LogP contribution is -2.47. The molecule has 4 aliphatic heterocycles. The number of fused-ring (bicyclic) bond motifs is 2. The van der Waals surface area contributed by atoms with Crippen molar-refractivity contribution in [2.24, 2.45) is 34.1 Å². The molecule has 1 saturated heterocycles. The van der Waals surface area contributed by atoms with Crippen LogP contribution in [0.1, 0.15) is 139 Å². The van der Waals surface area contributed by atoms with Gasteiger partial charge in [0.1, 0.15) is 35.6 Å². The van der Waals surface area contributed by atoms with E-state index in [4.69, 9.17) is 45.9 Å². The number of likely N-dealkylation sites (tertiary alicyclic amines) is 1. The standard InChI is InChI=1S/C58H71N13O6/c1-35(12-8-24-61-2)33-76-47-29-45(70-27-10-13-37-31-63-68-55(37)70)64-53(66-47)50(60)41-16-7-22-58(52(41)75)23-19-36(28-44(58)73)42-32-71(56-39(42)17-9-25-62-56)46-30-48(77-34-38-14-11-26-69(38)3)67-54(65-46)49(59)40-15-6-21-57(51(40)74)20-5-4-18-43(57)72/h9-10,13,17,25,27,29-31,35-36,38,42,61H,4-8,11-12,14-16,18-24,26,28,32-34,59-60H2,1-3H3/b49-40-,50-41?/t35-,36?,38-,42?,57+,58-/m0/s1. The highest BCUT2D eigenvalue weighted by atomic mass is 16.5. The number of hydrogen-bond donors (Lipinski definition) is 3. The minimum absolute atomic E-state index is 0.0100. The molecule has 19 nitrogen and oxygen atoms in total. The fourth-order valence-corrected chi connectivity index (χ4v) is 13.3. The number of hydrogen-bond acceptors (Lipinski definition) is 18. The summed E-state index contributed by atoms with van der Waals surface area (Å²) in [7, 11) is 4.04. The fourth-order valence-electron chi connectivity index (χ4n) is 13.3. The van der Waals surface area contributed by atoms with Crippen LogP contribution >= 0.6 is 0 Å². The summed E-state index contributed by atoms with van der Waals surface area (Å²) in [5.41, 5.74) is 14.6. The maximum atomic E-state index is 15.1. The van der Waals surface area contributed by atoms with Crippen LogP contribution in [0, 0.1) is 22.7 Å². The van der Waals surface area contributed by atoms with Gasteiger partial charge in [0.15, 0.2) is 29.0 Å². The molecule has 5 N–H and O–H groups in total. The Morgan fingerprint density at radius 2 is 1.53 bits per heavy atom. The Bertz CT molecular complexity index is 3110. The highest BCUT2D eigenvalue weighted by Crippen LogP contribution is 2.53. The van der Waals surface area contributed by atoms with Gasteiger partial charge in [-0.2, -0.15) is 15.1 Å². The summed E-state index contributed by atoms with van der Waals surface area (Å²) in [5.74, 6) is 2.73. The molecule has 4 aliphatic carbocycles. The van der Waals surface area contributed by atoms with Crippen LogP contribution < -0.4 is 31.2 Å². The Hall–Kier alpha value is -6.99. The molecule has 404 valence electrons. The maximum Gasteiger partial charge on any atom is 0.219 e. The number of pyridine rings is 2. The second-order valence-electron chi connectivity index (χ2n) is 22.5. The van der Waals surface area contributed by atoms with Crippen LogP contribution in [0.15, 0.2) is 66.1 Å². The molecule has 8 aliphatic rings. The summed E-state index contributed by atoms with van der Waals surface area (Å²) >= 11 is 0. The summed E-state index contributed by atoms with van der Waals surface area (Å²) in [4.78, 5) is 86.6. The molecule has 19 heteroatoms. The number of carbonyl (C=O) groups is 4. The number of likely N-dealkylation sites (N-methyl/N-ethyl adjacent to an activating group) is 1. The second-order valence-corrected chi connectivity index (χ2v) is 22.5. The first-order chi connectivity index (χ1) is 37.4. The number of anilines is 2. The molecule has 0 aromatic carbocycles. The molecule has 4 saturated carbocycles. The van der Waals surface area contributed by atoms with Gasteiger partial charge in [-0.15, -0.1) is 5.10 Å². The third kappa shape index (κ3) is 9.89. The number of aromatic nitrogens is 8.